The monoisotopic (exact) mass is 460 g/mol. The second-order valence-electron chi connectivity index (χ2n) is 7.88. The molecule has 1 N–H and O–H groups in total. The van der Waals surface area contributed by atoms with Crippen molar-refractivity contribution in [2.45, 2.75) is 25.7 Å². The molecule has 3 aromatic carbocycles. The van der Waals surface area contributed by atoms with Crippen LogP contribution < -0.4 is 5.32 Å². The molecule has 0 fully saturated rings. The van der Waals surface area contributed by atoms with Gasteiger partial charge in [-0.3, -0.25) is 9.59 Å². The van der Waals surface area contributed by atoms with Gasteiger partial charge in [0.1, 0.15) is 13.2 Å². The fourth-order valence-electron chi connectivity index (χ4n) is 3.69. The summed E-state index contributed by atoms with van der Waals surface area (Å²) in [6.45, 7) is 3.77. The van der Waals surface area contributed by atoms with E-state index < -0.39 is 12.0 Å². The van der Waals surface area contributed by atoms with E-state index in [0.29, 0.717) is 16.8 Å². The second-order valence-corrected chi connectivity index (χ2v) is 9.48. The fraction of sp³-hybridized carbons (Fsp3) is 0.192. The number of benzene rings is 3. The van der Waals surface area contributed by atoms with E-state index in [0.717, 1.165) is 16.7 Å². The van der Waals surface area contributed by atoms with Gasteiger partial charge in [-0.2, -0.15) is 0 Å². The number of amides is 2. The Morgan fingerprint density at radius 3 is 2.30 bits per heavy atom. The van der Waals surface area contributed by atoms with E-state index in [1.807, 2.05) is 68.4 Å². The molecule has 0 unspecified atom stereocenters. The topological polar surface area (TPSA) is 75.7 Å². The average molecular weight is 461 g/mol. The minimum absolute atomic E-state index is 0.0686. The average Bonchev–Trinajstić information content (AvgIpc) is 3.10. The molecule has 2 amide bonds. The number of ether oxygens (including phenoxy) is 1. The van der Waals surface area contributed by atoms with Crippen LogP contribution in [0.2, 0.25) is 0 Å². The third kappa shape index (κ3) is 5.09. The van der Waals surface area contributed by atoms with Crippen molar-refractivity contribution in [3.8, 4) is 11.1 Å². The molecule has 1 aliphatic carbocycles. The Bertz CT molecular complexity index is 1190. The van der Waals surface area contributed by atoms with E-state index >= 15 is 0 Å². The molecule has 0 spiro atoms. The van der Waals surface area contributed by atoms with Gasteiger partial charge < -0.3 is 10.1 Å². The third-order valence-electron chi connectivity index (χ3n) is 5.06. The van der Waals surface area contributed by atoms with Gasteiger partial charge in [0.2, 0.25) is 5.91 Å². The number of nitrogens with zero attached hydrogens (tertiary/aromatic N) is 1. The summed E-state index contributed by atoms with van der Waals surface area (Å²) in [7, 11) is 0. The van der Waals surface area contributed by atoms with Gasteiger partial charge in [-0.25, -0.2) is 9.10 Å². The van der Waals surface area contributed by atoms with Gasteiger partial charge >= 0.3 is 6.09 Å². The Labute approximate surface area is 197 Å². The Hall–Kier alpha value is -3.58. The molecular weight excluding hydrogens is 436 g/mol. The molecule has 0 saturated heterocycles. The lowest BCUT2D eigenvalue weighted by Crippen LogP contribution is -2.34. The summed E-state index contributed by atoms with van der Waals surface area (Å²) in [5, 5.41) is 2.89. The van der Waals surface area contributed by atoms with Crippen molar-refractivity contribution in [3.05, 3.63) is 89.5 Å². The first-order valence-electron chi connectivity index (χ1n) is 10.7. The van der Waals surface area contributed by atoms with Gasteiger partial charge in [0.25, 0.3) is 0 Å². The lowest BCUT2D eigenvalue weighted by Gasteiger charge is -2.22. The van der Waals surface area contributed by atoms with Crippen LogP contribution in [0.5, 0.6) is 0 Å². The number of ketones is 1. The summed E-state index contributed by atoms with van der Waals surface area (Å²) in [5.74, 6) is -0.524. The van der Waals surface area contributed by atoms with Crippen molar-refractivity contribution in [2.24, 2.45) is 0 Å². The summed E-state index contributed by atoms with van der Waals surface area (Å²) in [6.07, 6.45) is -0.588. The van der Waals surface area contributed by atoms with Crippen LogP contribution in [0, 0.1) is 0 Å². The minimum Gasteiger partial charge on any atom is -0.444 e. The van der Waals surface area contributed by atoms with E-state index in [1.165, 1.54) is 16.3 Å². The van der Waals surface area contributed by atoms with Gasteiger partial charge in [-0.15, -0.1) is 0 Å². The van der Waals surface area contributed by atoms with Crippen LogP contribution in [-0.4, -0.2) is 33.9 Å². The molecule has 0 bridgehead atoms. The van der Waals surface area contributed by atoms with Crippen molar-refractivity contribution in [1.29, 1.82) is 0 Å². The molecule has 0 radical (unpaired) electrons. The zero-order valence-corrected chi connectivity index (χ0v) is 19.2. The fourth-order valence-corrected chi connectivity index (χ4v) is 4.53. The van der Waals surface area contributed by atoms with Crippen molar-refractivity contribution in [2.75, 3.05) is 11.9 Å². The minimum atomic E-state index is -0.588. The van der Waals surface area contributed by atoms with E-state index in [-0.39, 0.29) is 24.2 Å². The Balaban J connectivity index is 1.46. The molecule has 3 aromatic rings. The van der Waals surface area contributed by atoms with Gasteiger partial charge in [0.15, 0.2) is 5.78 Å². The van der Waals surface area contributed by atoms with Crippen LogP contribution >= 0.6 is 11.9 Å². The smallest absolute Gasteiger partial charge is 0.420 e. The quantitative estimate of drug-likeness (QED) is 0.367. The highest BCUT2D eigenvalue weighted by Gasteiger charge is 2.29. The summed E-state index contributed by atoms with van der Waals surface area (Å²) >= 11 is 1.23. The molecule has 0 aliphatic heterocycles. The highest BCUT2D eigenvalue weighted by atomic mass is 32.2. The molecule has 6 nitrogen and oxygen atoms in total. The predicted molar refractivity (Wildman–Crippen MR) is 130 cm³/mol. The molecule has 4 rings (SSSR count). The first-order chi connectivity index (χ1) is 15.9. The number of carbonyl (C=O) groups excluding carboxylic acids is 3. The van der Waals surface area contributed by atoms with E-state index in [2.05, 4.69) is 5.32 Å². The third-order valence-corrected chi connectivity index (χ3v) is 6.02. The van der Waals surface area contributed by atoms with Crippen LogP contribution in [0.15, 0.2) is 72.8 Å². The maximum atomic E-state index is 12.9. The zero-order chi connectivity index (χ0) is 23.4. The summed E-state index contributed by atoms with van der Waals surface area (Å²) in [5.41, 5.74) is 4.05. The van der Waals surface area contributed by atoms with Gasteiger partial charge in [-0.05, 0) is 34.7 Å². The van der Waals surface area contributed by atoms with E-state index in [4.69, 9.17) is 4.74 Å². The maximum absolute atomic E-state index is 12.9. The second kappa shape index (κ2) is 9.92. The molecule has 0 atom stereocenters. The maximum Gasteiger partial charge on any atom is 0.420 e. The highest BCUT2D eigenvalue weighted by molar-refractivity contribution is 7.98. The van der Waals surface area contributed by atoms with Crippen LogP contribution in [-0.2, 0) is 16.1 Å². The van der Waals surface area contributed by atoms with Crippen molar-refractivity contribution in [3.63, 3.8) is 0 Å². The number of nitrogens with one attached hydrogen (secondary N) is 1. The van der Waals surface area contributed by atoms with Crippen LogP contribution in [0.3, 0.4) is 0 Å². The van der Waals surface area contributed by atoms with Crippen LogP contribution in [0.1, 0.15) is 35.3 Å². The van der Waals surface area contributed by atoms with Crippen molar-refractivity contribution >= 4 is 35.4 Å². The molecule has 0 saturated carbocycles. The van der Waals surface area contributed by atoms with Gasteiger partial charge in [-0.1, -0.05) is 80.6 Å². The normalized spacial score (nSPS) is 11.7. The predicted octanol–water partition coefficient (Wildman–Crippen LogP) is 5.53. The molecule has 7 heteroatoms. The highest BCUT2D eigenvalue weighted by Crippen LogP contribution is 2.40. The van der Waals surface area contributed by atoms with E-state index in [9.17, 15) is 14.4 Å². The number of hydrogen-bond donors (Lipinski definition) is 1. The first-order valence-corrected chi connectivity index (χ1v) is 11.5. The molecule has 168 valence electrons. The summed E-state index contributed by atoms with van der Waals surface area (Å²) in [6, 6.07) is 22.1. The molecule has 0 heterocycles. The Morgan fingerprint density at radius 1 is 0.909 bits per heavy atom. The Kier molecular flexibility index (Phi) is 6.79. The van der Waals surface area contributed by atoms with E-state index in [1.54, 1.807) is 18.2 Å². The lowest BCUT2D eigenvalue weighted by molar-refractivity contribution is -0.116. The zero-order valence-electron chi connectivity index (χ0n) is 18.4. The molecule has 0 aromatic heterocycles. The van der Waals surface area contributed by atoms with Crippen LogP contribution in [0.4, 0.5) is 10.5 Å². The summed E-state index contributed by atoms with van der Waals surface area (Å²) < 4.78 is 6.72. The standard InChI is InChI=1S/C26H24N2O4S/c1-17(2)33-28(26(31)32-16-18-9-4-3-5-10-18)15-23(29)27-22-14-8-13-20-19-11-6-7-12-21(19)25(30)24(20)22/h3-14,17H,15-16H2,1-2H3,(H,27,29). The van der Waals surface area contributed by atoms with Gasteiger partial charge in [0.05, 0.1) is 11.3 Å². The molecule has 1 aliphatic rings. The van der Waals surface area contributed by atoms with Gasteiger partial charge in [0, 0.05) is 10.8 Å². The number of anilines is 1. The Morgan fingerprint density at radius 2 is 1.58 bits per heavy atom. The first kappa shape index (κ1) is 22.6. The number of carbonyl (C=O) groups is 3. The lowest BCUT2D eigenvalue weighted by atomic mass is 10.0. The number of hydrogen-bond acceptors (Lipinski definition) is 5. The number of fused-ring (bicyclic) bond motifs is 3. The SMILES string of the molecule is CC(C)SN(CC(=O)Nc1cccc2c1C(=O)c1ccccc1-2)C(=O)OCc1ccccc1. The summed E-state index contributed by atoms with van der Waals surface area (Å²) in [4.78, 5) is 38.5. The largest absolute Gasteiger partial charge is 0.444 e. The van der Waals surface area contributed by atoms with Crippen molar-refractivity contribution in [1.82, 2.24) is 4.31 Å². The number of rotatable bonds is 7. The van der Waals surface area contributed by atoms with Crippen molar-refractivity contribution < 1.29 is 19.1 Å². The molecule has 33 heavy (non-hydrogen) atoms. The molecular formula is C26H24N2O4S. The van der Waals surface area contributed by atoms with Crippen LogP contribution in [0.25, 0.3) is 11.1 Å².